The molecule has 0 radical (unpaired) electrons. The highest BCUT2D eigenvalue weighted by molar-refractivity contribution is 6.42. The zero-order valence-corrected chi connectivity index (χ0v) is 15.2. The van der Waals surface area contributed by atoms with E-state index in [4.69, 9.17) is 32.8 Å². The smallest absolute Gasteiger partial charge is 0.242 e. The number of H-pyrrole nitrogens is 1. The molecule has 5 nitrogen and oxygen atoms in total. The van der Waals surface area contributed by atoms with Crippen LogP contribution in [-0.4, -0.2) is 17.3 Å². The fraction of sp³-hybridized carbons (Fsp3) is 0.158. The summed E-state index contributed by atoms with van der Waals surface area (Å²) < 4.78 is 7.89. The minimum absolute atomic E-state index is 0.0787. The van der Waals surface area contributed by atoms with Crippen molar-refractivity contribution in [3.63, 3.8) is 0 Å². The number of fused-ring (bicyclic) bond motifs is 1. The molecule has 26 heavy (non-hydrogen) atoms. The van der Waals surface area contributed by atoms with Crippen LogP contribution < -0.4 is 9.30 Å². The summed E-state index contributed by atoms with van der Waals surface area (Å²) in [6.45, 7) is 0.780. The fourth-order valence-corrected chi connectivity index (χ4v) is 3.19. The van der Waals surface area contributed by atoms with Gasteiger partial charge in [0.2, 0.25) is 6.33 Å². The quantitative estimate of drug-likeness (QED) is 0.538. The number of oxime groups is 1. The summed E-state index contributed by atoms with van der Waals surface area (Å²) in [6.07, 6.45) is 5.67. The lowest BCUT2D eigenvalue weighted by Gasteiger charge is -2.24. The van der Waals surface area contributed by atoms with Crippen LogP contribution >= 0.6 is 23.2 Å². The van der Waals surface area contributed by atoms with Gasteiger partial charge in [0.15, 0.2) is 6.04 Å². The van der Waals surface area contributed by atoms with Crippen molar-refractivity contribution in [3.8, 4) is 5.75 Å². The summed E-state index contributed by atoms with van der Waals surface area (Å²) >= 11 is 12.0. The topological polar surface area (TPSA) is 50.5 Å². The molecule has 1 N–H and O–H groups in total. The molecular formula is C19H16Cl2N3O2+. The van der Waals surface area contributed by atoms with Gasteiger partial charge < -0.3 is 9.57 Å². The predicted octanol–water partition coefficient (Wildman–Crippen LogP) is 4.16. The van der Waals surface area contributed by atoms with Gasteiger partial charge in [0.05, 0.1) is 10.0 Å². The first-order valence-corrected chi connectivity index (χ1v) is 8.87. The number of aromatic nitrogens is 2. The number of halogens is 2. The van der Waals surface area contributed by atoms with E-state index < -0.39 is 0 Å². The SMILES string of the molecule is Clc1ccc(CO/N=C2\c3ccccc3OCC2[n+]2cc[nH]c2)cc1Cl. The van der Waals surface area contributed by atoms with E-state index >= 15 is 0 Å². The van der Waals surface area contributed by atoms with E-state index in [0.717, 1.165) is 22.6 Å². The Kier molecular flexibility index (Phi) is 4.82. The Hall–Kier alpha value is -2.50. The summed E-state index contributed by atoms with van der Waals surface area (Å²) in [6, 6.07) is 13.1. The average Bonchev–Trinajstić information content (AvgIpc) is 3.19. The zero-order valence-electron chi connectivity index (χ0n) is 13.7. The fourth-order valence-electron chi connectivity index (χ4n) is 2.87. The van der Waals surface area contributed by atoms with Gasteiger partial charge in [0.25, 0.3) is 0 Å². The second-order valence-corrected chi connectivity index (χ2v) is 6.69. The lowest BCUT2D eigenvalue weighted by Crippen LogP contribution is -2.48. The van der Waals surface area contributed by atoms with E-state index in [1.807, 2.05) is 53.6 Å². The van der Waals surface area contributed by atoms with Crippen LogP contribution in [0.25, 0.3) is 0 Å². The van der Waals surface area contributed by atoms with Crippen molar-refractivity contribution in [1.82, 2.24) is 4.98 Å². The Labute approximate surface area is 160 Å². The third-order valence-electron chi connectivity index (χ3n) is 4.18. The van der Waals surface area contributed by atoms with Crippen molar-refractivity contribution in [2.24, 2.45) is 5.16 Å². The van der Waals surface area contributed by atoms with E-state index in [1.165, 1.54) is 0 Å². The number of nitrogens with zero attached hydrogens (tertiary/aromatic N) is 2. The summed E-state index contributed by atoms with van der Waals surface area (Å²) in [7, 11) is 0. The Morgan fingerprint density at radius 3 is 2.88 bits per heavy atom. The van der Waals surface area contributed by atoms with Gasteiger partial charge in [0.1, 0.15) is 37.1 Å². The maximum Gasteiger partial charge on any atom is 0.242 e. The van der Waals surface area contributed by atoms with Crippen LogP contribution in [0.5, 0.6) is 5.75 Å². The Bertz CT molecular complexity index is 942. The van der Waals surface area contributed by atoms with E-state index in [1.54, 1.807) is 12.1 Å². The molecule has 0 saturated heterocycles. The maximum absolute atomic E-state index is 6.05. The van der Waals surface area contributed by atoms with E-state index in [0.29, 0.717) is 23.3 Å². The second kappa shape index (κ2) is 7.40. The molecular weight excluding hydrogens is 373 g/mol. The van der Waals surface area contributed by atoms with Gasteiger partial charge in [-0.3, -0.25) is 4.98 Å². The standard InChI is InChI=1S/C19H15Cl2N3O2/c20-15-6-5-13(9-16(15)21)10-26-23-19-14-3-1-2-4-18(14)25-11-17(19)24-8-7-22-12-24/h1-9,12,17H,10-11H2/p+1/b23-19+. The first-order chi connectivity index (χ1) is 12.7. The van der Waals surface area contributed by atoms with E-state index in [-0.39, 0.29) is 6.04 Å². The molecule has 1 aliphatic rings. The largest absolute Gasteiger partial charge is 0.488 e. The monoisotopic (exact) mass is 388 g/mol. The van der Waals surface area contributed by atoms with Gasteiger partial charge in [-0.2, -0.15) is 0 Å². The molecule has 0 saturated carbocycles. The Balaban J connectivity index is 1.61. The van der Waals surface area contributed by atoms with Crippen LogP contribution in [0.2, 0.25) is 10.0 Å². The molecule has 7 heteroatoms. The van der Waals surface area contributed by atoms with Crippen LogP contribution in [0.3, 0.4) is 0 Å². The number of para-hydroxylation sites is 1. The van der Waals surface area contributed by atoms with Crippen LogP contribution in [0.1, 0.15) is 17.2 Å². The number of nitrogens with one attached hydrogen (secondary N) is 1. The molecule has 0 aliphatic carbocycles. The number of hydrogen-bond acceptors (Lipinski definition) is 3. The minimum atomic E-state index is -0.0787. The van der Waals surface area contributed by atoms with Crippen molar-refractivity contribution in [2.45, 2.75) is 12.6 Å². The van der Waals surface area contributed by atoms with Crippen molar-refractivity contribution in [2.75, 3.05) is 6.61 Å². The lowest BCUT2D eigenvalue weighted by atomic mass is 10.00. The number of imidazole rings is 1. The van der Waals surface area contributed by atoms with Crippen LogP contribution in [0, 0.1) is 0 Å². The Morgan fingerprint density at radius 1 is 1.19 bits per heavy atom. The highest BCUT2D eigenvalue weighted by atomic mass is 35.5. The summed E-state index contributed by atoms with van der Waals surface area (Å²) in [5, 5.41) is 5.45. The highest BCUT2D eigenvalue weighted by Crippen LogP contribution is 2.28. The minimum Gasteiger partial charge on any atom is -0.488 e. The lowest BCUT2D eigenvalue weighted by molar-refractivity contribution is -0.706. The zero-order chi connectivity index (χ0) is 17.9. The second-order valence-electron chi connectivity index (χ2n) is 5.88. The molecule has 3 aromatic rings. The normalized spacial score (nSPS) is 17.6. The van der Waals surface area contributed by atoms with Gasteiger partial charge in [-0.05, 0) is 29.8 Å². The molecule has 0 amide bonds. The van der Waals surface area contributed by atoms with Crippen LogP contribution in [-0.2, 0) is 11.4 Å². The molecule has 1 aliphatic heterocycles. The molecule has 4 rings (SSSR count). The summed E-state index contributed by atoms with van der Waals surface area (Å²) in [5.41, 5.74) is 2.64. The van der Waals surface area contributed by atoms with E-state index in [9.17, 15) is 0 Å². The maximum atomic E-state index is 6.05. The van der Waals surface area contributed by atoms with Crippen molar-refractivity contribution in [3.05, 3.63) is 82.4 Å². The van der Waals surface area contributed by atoms with Crippen LogP contribution in [0.4, 0.5) is 0 Å². The van der Waals surface area contributed by atoms with Crippen molar-refractivity contribution >= 4 is 28.9 Å². The number of hydrogen-bond donors (Lipinski definition) is 1. The van der Waals surface area contributed by atoms with Gasteiger partial charge in [0, 0.05) is 5.56 Å². The molecule has 0 bridgehead atoms. The molecule has 1 atom stereocenters. The average molecular weight is 389 g/mol. The third kappa shape index (κ3) is 3.41. The number of aromatic amines is 1. The van der Waals surface area contributed by atoms with E-state index in [2.05, 4.69) is 10.1 Å². The molecule has 1 aromatic heterocycles. The first kappa shape index (κ1) is 16.9. The molecule has 0 fully saturated rings. The number of benzene rings is 2. The number of ether oxygens (including phenoxy) is 1. The Morgan fingerprint density at radius 2 is 2.08 bits per heavy atom. The number of rotatable bonds is 4. The third-order valence-corrected chi connectivity index (χ3v) is 4.92. The first-order valence-electron chi connectivity index (χ1n) is 8.12. The molecule has 2 heterocycles. The van der Waals surface area contributed by atoms with Crippen molar-refractivity contribution < 1.29 is 14.1 Å². The molecule has 0 spiro atoms. The van der Waals surface area contributed by atoms with Gasteiger partial charge >= 0.3 is 0 Å². The molecule has 2 aromatic carbocycles. The van der Waals surface area contributed by atoms with Crippen molar-refractivity contribution in [1.29, 1.82) is 0 Å². The van der Waals surface area contributed by atoms with Gasteiger partial charge in [-0.15, -0.1) is 0 Å². The summed E-state index contributed by atoms with van der Waals surface area (Å²) in [5.74, 6) is 0.803. The highest BCUT2D eigenvalue weighted by Gasteiger charge is 2.32. The predicted molar refractivity (Wildman–Crippen MR) is 99.7 cm³/mol. The molecule has 132 valence electrons. The van der Waals surface area contributed by atoms with Gasteiger partial charge in [-0.25, -0.2) is 4.57 Å². The summed E-state index contributed by atoms with van der Waals surface area (Å²) in [4.78, 5) is 8.70. The molecule has 1 unspecified atom stereocenters. The van der Waals surface area contributed by atoms with Gasteiger partial charge in [-0.1, -0.05) is 46.6 Å². The van der Waals surface area contributed by atoms with Crippen LogP contribution in [0.15, 0.2) is 66.3 Å².